The van der Waals surface area contributed by atoms with Crippen LogP contribution in [0.15, 0.2) is 48.8 Å². The van der Waals surface area contributed by atoms with Gasteiger partial charge in [0.1, 0.15) is 11.3 Å². The number of fused-ring (bicyclic) bond motifs is 2. The van der Waals surface area contributed by atoms with Crippen LogP contribution in [0.2, 0.25) is 0 Å². The Morgan fingerprint density at radius 2 is 1.93 bits per heavy atom. The summed E-state index contributed by atoms with van der Waals surface area (Å²) >= 11 is 0. The maximum atomic E-state index is 13.0. The van der Waals surface area contributed by atoms with E-state index in [2.05, 4.69) is 20.2 Å². The molecule has 1 aromatic carbocycles. The summed E-state index contributed by atoms with van der Waals surface area (Å²) < 4.78 is 3.64. The van der Waals surface area contributed by atoms with Gasteiger partial charge >= 0.3 is 0 Å². The van der Waals surface area contributed by atoms with Crippen LogP contribution in [0.3, 0.4) is 0 Å². The lowest BCUT2D eigenvalue weighted by Gasteiger charge is -2.19. The highest BCUT2D eigenvalue weighted by atomic mass is 16.2. The molecule has 0 spiro atoms. The number of aryl methyl sites for hydroxylation is 1. The molecule has 8 nitrogen and oxygen atoms in total. The molecule has 1 amide bonds. The molecule has 0 fully saturated rings. The number of pyridine rings is 1. The van der Waals surface area contributed by atoms with E-state index in [9.17, 15) is 4.79 Å². The van der Waals surface area contributed by atoms with Crippen LogP contribution in [0, 0.1) is 0 Å². The zero-order valence-electron chi connectivity index (χ0n) is 15.5. The molecular weight excluding hydrogens is 354 g/mol. The number of hydrogen-bond acceptors (Lipinski definition) is 5. The highest BCUT2D eigenvalue weighted by molar-refractivity contribution is 5.96. The minimum atomic E-state index is -0.0235. The molecule has 0 atom stereocenters. The number of benzene rings is 1. The minimum absolute atomic E-state index is 0.0235. The molecule has 8 heteroatoms. The average molecular weight is 373 g/mol. The molecule has 0 bridgehead atoms. The molecule has 4 aromatic rings. The zero-order valence-corrected chi connectivity index (χ0v) is 15.5. The Morgan fingerprint density at radius 1 is 1.07 bits per heavy atom. The van der Waals surface area contributed by atoms with Gasteiger partial charge in [-0.2, -0.15) is 10.2 Å². The van der Waals surface area contributed by atoms with E-state index in [1.807, 2.05) is 53.0 Å². The van der Waals surface area contributed by atoms with Gasteiger partial charge in [-0.15, -0.1) is 0 Å². The fourth-order valence-corrected chi connectivity index (χ4v) is 3.54. The third-order valence-electron chi connectivity index (χ3n) is 5.10. The van der Waals surface area contributed by atoms with Gasteiger partial charge in [0, 0.05) is 38.3 Å². The van der Waals surface area contributed by atoms with Crippen LogP contribution in [0.1, 0.15) is 16.2 Å². The first-order valence-corrected chi connectivity index (χ1v) is 9.25. The van der Waals surface area contributed by atoms with Crippen molar-refractivity contribution in [3.63, 3.8) is 0 Å². The Kier molecular flexibility index (Phi) is 3.89. The van der Waals surface area contributed by atoms with Gasteiger partial charge in [-0.1, -0.05) is 30.3 Å². The van der Waals surface area contributed by atoms with Crippen LogP contribution >= 0.6 is 0 Å². The maximum absolute atomic E-state index is 13.0. The van der Waals surface area contributed by atoms with Gasteiger partial charge in [-0.05, 0) is 6.07 Å². The highest BCUT2D eigenvalue weighted by Crippen LogP contribution is 2.18. The quantitative estimate of drug-likeness (QED) is 0.536. The van der Waals surface area contributed by atoms with Gasteiger partial charge in [-0.3, -0.25) is 14.5 Å². The van der Waals surface area contributed by atoms with E-state index in [-0.39, 0.29) is 5.91 Å². The van der Waals surface area contributed by atoms with E-state index in [1.165, 1.54) is 0 Å². The number of nitrogens with zero attached hydrogens (tertiary/aromatic N) is 7. The summed E-state index contributed by atoms with van der Waals surface area (Å²) in [6.45, 7) is 1.82. The summed E-state index contributed by atoms with van der Waals surface area (Å²) in [5, 5.41) is 8.82. The lowest BCUT2D eigenvalue weighted by Crippen LogP contribution is -2.33. The second-order valence-electron chi connectivity index (χ2n) is 6.88. The van der Waals surface area contributed by atoms with Crippen LogP contribution in [-0.4, -0.2) is 53.4 Å². The lowest BCUT2D eigenvalue weighted by atomic mass is 10.2. The molecule has 1 aliphatic rings. The summed E-state index contributed by atoms with van der Waals surface area (Å²) in [5.41, 5.74) is 3.22. The Labute approximate surface area is 161 Å². The number of aromatic nitrogens is 6. The SMILES string of the molecule is Cn1ncc2ncc(C(=O)N3CCc4nc(-c5ccccc5)nn4CC3)cc21. The first-order chi connectivity index (χ1) is 13.7. The first kappa shape index (κ1) is 16.6. The number of carbonyl (C=O) groups excluding carboxylic acids is 1. The highest BCUT2D eigenvalue weighted by Gasteiger charge is 2.23. The third kappa shape index (κ3) is 2.83. The molecule has 28 heavy (non-hydrogen) atoms. The number of carbonyl (C=O) groups is 1. The second-order valence-corrected chi connectivity index (χ2v) is 6.88. The van der Waals surface area contributed by atoms with Crippen molar-refractivity contribution in [2.24, 2.45) is 7.05 Å². The molecule has 1 aliphatic heterocycles. The van der Waals surface area contributed by atoms with E-state index < -0.39 is 0 Å². The normalized spacial score (nSPS) is 14.1. The zero-order chi connectivity index (χ0) is 19.1. The Bertz CT molecular complexity index is 1140. The van der Waals surface area contributed by atoms with Gasteiger partial charge in [0.05, 0.1) is 23.8 Å². The van der Waals surface area contributed by atoms with Gasteiger partial charge in [0.2, 0.25) is 0 Å². The predicted octanol–water partition coefficient (Wildman–Crippen LogP) is 1.93. The molecule has 0 radical (unpaired) electrons. The molecule has 5 rings (SSSR count). The predicted molar refractivity (Wildman–Crippen MR) is 104 cm³/mol. The van der Waals surface area contributed by atoms with E-state index in [0.717, 1.165) is 28.2 Å². The summed E-state index contributed by atoms with van der Waals surface area (Å²) in [7, 11) is 1.85. The van der Waals surface area contributed by atoms with Crippen molar-refractivity contribution in [3.05, 3.63) is 60.2 Å². The number of rotatable bonds is 2. The van der Waals surface area contributed by atoms with Crippen molar-refractivity contribution in [1.29, 1.82) is 0 Å². The number of amides is 1. The molecule has 4 heterocycles. The van der Waals surface area contributed by atoms with E-state index in [1.54, 1.807) is 17.1 Å². The third-order valence-corrected chi connectivity index (χ3v) is 5.10. The van der Waals surface area contributed by atoms with E-state index >= 15 is 0 Å². The minimum Gasteiger partial charge on any atom is -0.336 e. The van der Waals surface area contributed by atoms with Crippen molar-refractivity contribution in [2.75, 3.05) is 13.1 Å². The van der Waals surface area contributed by atoms with Gasteiger partial charge in [0.15, 0.2) is 5.82 Å². The van der Waals surface area contributed by atoms with Crippen molar-refractivity contribution < 1.29 is 4.79 Å². The topological polar surface area (TPSA) is 81.7 Å². The molecule has 0 N–H and O–H groups in total. The Hall–Kier alpha value is -3.55. The molecule has 0 unspecified atom stereocenters. The van der Waals surface area contributed by atoms with Crippen LogP contribution in [-0.2, 0) is 20.0 Å². The van der Waals surface area contributed by atoms with E-state index in [0.29, 0.717) is 31.6 Å². The summed E-state index contributed by atoms with van der Waals surface area (Å²) in [5.74, 6) is 1.63. The van der Waals surface area contributed by atoms with Gasteiger partial charge < -0.3 is 4.90 Å². The number of hydrogen-bond donors (Lipinski definition) is 0. The van der Waals surface area contributed by atoms with Crippen molar-refractivity contribution >= 4 is 16.9 Å². The lowest BCUT2D eigenvalue weighted by molar-refractivity contribution is 0.0758. The molecular formula is C20H19N7O. The van der Waals surface area contributed by atoms with Crippen LogP contribution in [0.25, 0.3) is 22.4 Å². The van der Waals surface area contributed by atoms with Crippen molar-refractivity contribution in [1.82, 2.24) is 34.4 Å². The Morgan fingerprint density at radius 3 is 2.79 bits per heavy atom. The van der Waals surface area contributed by atoms with Crippen LogP contribution < -0.4 is 0 Å². The smallest absolute Gasteiger partial charge is 0.255 e. The molecule has 0 saturated heterocycles. The molecule has 0 aliphatic carbocycles. The van der Waals surface area contributed by atoms with Crippen LogP contribution in [0.5, 0.6) is 0 Å². The monoisotopic (exact) mass is 373 g/mol. The molecule has 3 aromatic heterocycles. The molecule has 0 saturated carbocycles. The van der Waals surface area contributed by atoms with Gasteiger partial charge in [-0.25, -0.2) is 9.67 Å². The second kappa shape index (κ2) is 6.56. The fourth-order valence-electron chi connectivity index (χ4n) is 3.54. The van der Waals surface area contributed by atoms with Crippen molar-refractivity contribution in [3.8, 4) is 11.4 Å². The summed E-state index contributed by atoms with van der Waals surface area (Å²) in [4.78, 5) is 23.9. The summed E-state index contributed by atoms with van der Waals surface area (Å²) in [6.07, 6.45) is 4.00. The largest absolute Gasteiger partial charge is 0.336 e. The fraction of sp³-hybridized carbons (Fsp3) is 0.250. The maximum Gasteiger partial charge on any atom is 0.255 e. The average Bonchev–Trinajstić information content (AvgIpc) is 3.26. The first-order valence-electron chi connectivity index (χ1n) is 9.25. The standard InChI is InChI=1S/C20H19N7O/c1-25-17-11-15(12-21-16(17)13-22-25)20(28)26-8-7-18-23-19(24-27(18)10-9-26)14-5-3-2-4-6-14/h2-6,11-13H,7-10H2,1H3. The van der Waals surface area contributed by atoms with Gasteiger partial charge in [0.25, 0.3) is 5.91 Å². The van der Waals surface area contributed by atoms with E-state index in [4.69, 9.17) is 0 Å². The van der Waals surface area contributed by atoms with Crippen LogP contribution in [0.4, 0.5) is 0 Å². The van der Waals surface area contributed by atoms with Crippen molar-refractivity contribution in [2.45, 2.75) is 13.0 Å². The molecule has 140 valence electrons. The Balaban J connectivity index is 1.36. The summed E-state index contributed by atoms with van der Waals surface area (Å²) in [6, 6.07) is 11.8.